The van der Waals surface area contributed by atoms with Gasteiger partial charge >= 0.3 is 0 Å². The molecule has 0 nitrogen and oxygen atoms in total. The van der Waals surface area contributed by atoms with E-state index in [1.165, 1.54) is 32.1 Å². The molecule has 0 heteroatoms. The molecule has 2 aliphatic carbocycles. The molecule has 0 aromatic carbocycles. The normalized spacial score (nSPS) is 44.5. The van der Waals surface area contributed by atoms with Gasteiger partial charge in [-0.2, -0.15) is 0 Å². The first-order valence-corrected chi connectivity index (χ1v) is 6.16. The summed E-state index contributed by atoms with van der Waals surface area (Å²) in [6.45, 7) is 7.26. The molecule has 0 saturated heterocycles. The summed E-state index contributed by atoms with van der Waals surface area (Å²) < 4.78 is 0. The Kier molecular flexibility index (Phi) is 2.67. The Bertz CT molecular complexity index is 173. The highest BCUT2D eigenvalue weighted by molar-refractivity contribution is 4.85. The van der Waals surface area contributed by atoms with Crippen LogP contribution in [0.4, 0.5) is 0 Å². The van der Waals surface area contributed by atoms with Crippen molar-refractivity contribution in [2.24, 2.45) is 29.6 Å². The first kappa shape index (κ1) is 9.55. The fourth-order valence-electron chi connectivity index (χ4n) is 2.66. The highest BCUT2D eigenvalue weighted by Crippen LogP contribution is 2.45. The van der Waals surface area contributed by atoms with Gasteiger partial charge in [0.25, 0.3) is 0 Å². The molecule has 2 rings (SSSR count). The van der Waals surface area contributed by atoms with Crippen molar-refractivity contribution in [3.8, 4) is 0 Å². The van der Waals surface area contributed by atoms with Gasteiger partial charge in [-0.1, -0.05) is 27.2 Å². The minimum Gasteiger partial charge on any atom is -0.0625 e. The molecule has 13 heavy (non-hydrogen) atoms. The van der Waals surface area contributed by atoms with Crippen LogP contribution in [0.1, 0.15) is 52.9 Å². The quantitative estimate of drug-likeness (QED) is 0.597. The van der Waals surface area contributed by atoms with E-state index in [0.29, 0.717) is 0 Å². The molecule has 2 saturated carbocycles. The molecule has 0 aliphatic heterocycles. The van der Waals surface area contributed by atoms with E-state index in [-0.39, 0.29) is 0 Å². The van der Waals surface area contributed by atoms with Crippen LogP contribution in [0, 0.1) is 29.6 Å². The van der Waals surface area contributed by atoms with Crippen molar-refractivity contribution < 1.29 is 0 Å². The minimum absolute atomic E-state index is 1.00. The lowest BCUT2D eigenvalue weighted by Gasteiger charge is -2.09. The summed E-state index contributed by atoms with van der Waals surface area (Å²) in [6, 6.07) is 0. The maximum absolute atomic E-state index is 2.46. The third-order valence-electron chi connectivity index (χ3n) is 4.29. The Morgan fingerprint density at radius 1 is 1.08 bits per heavy atom. The molecule has 0 N–H and O–H groups in total. The Balaban J connectivity index is 1.54. The molecule has 0 spiro atoms. The van der Waals surface area contributed by atoms with E-state index in [0.717, 1.165) is 29.6 Å². The van der Waals surface area contributed by atoms with Crippen molar-refractivity contribution in [3.05, 3.63) is 0 Å². The Labute approximate surface area is 83.1 Å². The van der Waals surface area contributed by atoms with Crippen molar-refractivity contribution in [1.82, 2.24) is 0 Å². The second-order valence-corrected chi connectivity index (χ2v) is 5.86. The molecular weight excluding hydrogens is 156 g/mol. The van der Waals surface area contributed by atoms with E-state index in [4.69, 9.17) is 0 Å². The lowest BCUT2D eigenvalue weighted by Crippen LogP contribution is -1.97. The zero-order valence-corrected chi connectivity index (χ0v) is 9.42. The van der Waals surface area contributed by atoms with Crippen LogP contribution in [0.5, 0.6) is 0 Å². The molecule has 2 aliphatic rings. The second kappa shape index (κ2) is 3.63. The first-order chi connectivity index (χ1) is 6.16. The van der Waals surface area contributed by atoms with E-state index < -0.39 is 0 Å². The maximum atomic E-state index is 2.46. The van der Waals surface area contributed by atoms with E-state index in [2.05, 4.69) is 20.8 Å². The van der Waals surface area contributed by atoms with E-state index in [9.17, 15) is 0 Å². The summed E-state index contributed by atoms with van der Waals surface area (Å²) in [5, 5.41) is 0. The highest BCUT2D eigenvalue weighted by Gasteiger charge is 2.35. The summed E-state index contributed by atoms with van der Waals surface area (Å²) in [5.41, 5.74) is 0. The fraction of sp³-hybridized carbons (Fsp3) is 1.00. The molecule has 0 bridgehead atoms. The Morgan fingerprint density at radius 2 is 1.62 bits per heavy atom. The average molecular weight is 180 g/mol. The SMILES string of the molecule is CC(CCC1CC1C)CC1CC1C. The summed E-state index contributed by atoms with van der Waals surface area (Å²) >= 11 is 0. The van der Waals surface area contributed by atoms with Crippen LogP contribution in [0.15, 0.2) is 0 Å². The highest BCUT2D eigenvalue weighted by atomic mass is 14.4. The van der Waals surface area contributed by atoms with Crippen molar-refractivity contribution in [2.45, 2.75) is 52.9 Å². The third kappa shape index (κ3) is 2.72. The zero-order valence-electron chi connectivity index (χ0n) is 9.42. The van der Waals surface area contributed by atoms with Gasteiger partial charge in [-0.15, -0.1) is 0 Å². The molecule has 0 aromatic rings. The summed E-state index contributed by atoms with van der Waals surface area (Å²) in [5.74, 6) is 5.34. The van der Waals surface area contributed by atoms with Gasteiger partial charge in [0, 0.05) is 0 Å². The van der Waals surface area contributed by atoms with Gasteiger partial charge in [0.15, 0.2) is 0 Å². The van der Waals surface area contributed by atoms with Gasteiger partial charge in [-0.25, -0.2) is 0 Å². The van der Waals surface area contributed by atoms with Gasteiger partial charge in [-0.3, -0.25) is 0 Å². The van der Waals surface area contributed by atoms with Crippen LogP contribution in [-0.2, 0) is 0 Å². The molecule has 0 radical (unpaired) electrons. The Morgan fingerprint density at radius 3 is 2.08 bits per heavy atom. The van der Waals surface area contributed by atoms with Gasteiger partial charge in [0.2, 0.25) is 0 Å². The molecule has 76 valence electrons. The average Bonchev–Trinajstić information content (AvgIpc) is 2.91. The lowest BCUT2D eigenvalue weighted by atomic mass is 9.96. The zero-order chi connectivity index (χ0) is 9.42. The van der Waals surface area contributed by atoms with Crippen LogP contribution in [-0.4, -0.2) is 0 Å². The molecule has 0 heterocycles. The van der Waals surface area contributed by atoms with E-state index in [1.807, 2.05) is 0 Å². The maximum Gasteiger partial charge on any atom is -0.0383 e. The van der Waals surface area contributed by atoms with Crippen molar-refractivity contribution >= 4 is 0 Å². The lowest BCUT2D eigenvalue weighted by molar-refractivity contribution is 0.422. The van der Waals surface area contributed by atoms with Crippen molar-refractivity contribution in [1.29, 1.82) is 0 Å². The fourth-order valence-corrected chi connectivity index (χ4v) is 2.66. The van der Waals surface area contributed by atoms with Crippen LogP contribution in [0.25, 0.3) is 0 Å². The van der Waals surface area contributed by atoms with Crippen LogP contribution in [0.3, 0.4) is 0 Å². The predicted molar refractivity (Wildman–Crippen MR) is 57.6 cm³/mol. The van der Waals surface area contributed by atoms with Gasteiger partial charge in [0.1, 0.15) is 0 Å². The van der Waals surface area contributed by atoms with E-state index >= 15 is 0 Å². The molecular formula is C13H24. The summed E-state index contributed by atoms with van der Waals surface area (Å²) in [4.78, 5) is 0. The van der Waals surface area contributed by atoms with Crippen molar-refractivity contribution in [2.75, 3.05) is 0 Å². The second-order valence-electron chi connectivity index (χ2n) is 5.86. The number of hydrogen-bond acceptors (Lipinski definition) is 0. The van der Waals surface area contributed by atoms with Crippen molar-refractivity contribution in [3.63, 3.8) is 0 Å². The third-order valence-corrected chi connectivity index (χ3v) is 4.29. The van der Waals surface area contributed by atoms with Crippen LogP contribution in [0.2, 0.25) is 0 Å². The predicted octanol–water partition coefficient (Wildman–Crippen LogP) is 4.10. The monoisotopic (exact) mass is 180 g/mol. The molecule has 0 amide bonds. The van der Waals surface area contributed by atoms with Crippen LogP contribution >= 0.6 is 0 Å². The number of hydrogen-bond donors (Lipinski definition) is 0. The molecule has 5 unspecified atom stereocenters. The van der Waals surface area contributed by atoms with Gasteiger partial charge in [-0.05, 0) is 55.3 Å². The summed E-state index contributed by atoms with van der Waals surface area (Å²) in [7, 11) is 0. The molecule has 5 atom stereocenters. The summed E-state index contributed by atoms with van der Waals surface area (Å²) in [6.07, 6.45) is 7.57. The Hall–Kier alpha value is 0. The smallest absolute Gasteiger partial charge is 0.0383 e. The van der Waals surface area contributed by atoms with Crippen LogP contribution < -0.4 is 0 Å². The molecule has 2 fully saturated rings. The van der Waals surface area contributed by atoms with Gasteiger partial charge < -0.3 is 0 Å². The van der Waals surface area contributed by atoms with Gasteiger partial charge in [0.05, 0.1) is 0 Å². The first-order valence-electron chi connectivity index (χ1n) is 6.16. The van der Waals surface area contributed by atoms with E-state index in [1.54, 1.807) is 0 Å². The topological polar surface area (TPSA) is 0 Å². The minimum atomic E-state index is 1.00. The largest absolute Gasteiger partial charge is 0.0625 e. The standard InChI is InChI=1S/C13H24/c1-9(6-13-8-11(13)3)4-5-12-7-10(12)2/h9-13H,4-8H2,1-3H3. The molecule has 0 aromatic heterocycles. The number of rotatable bonds is 5.